The molecule has 1 spiro atoms. The Morgan fingerprint density at radius 1 is 1.45 bits per heavy atom. The minimum Gasteiger partial charge on any atom is -0.381 e. The molecule has 0 N–H and O–H groups in total. The predicted octanol–water partition coefficient (Wildman–Crippen LogP) is 2.02. The van der Waals surface area contributed by atoms with E-state index in [1.54, 1.807) is 7.11 Å². The molecule has 2 aliphatic heterocycles. The fourth-order valence-corrected chi connectivity index (χ4v) is 3.16. The third kappa shape index (κ3) is 2.45. The molecule has 4 heteroatoms. The zero-order valence-corrected chi connectivity index (χ0v) is 12.1. The lowest BCUT2D eigenvalue weighted by Crippen LogP contribution is -2.67. The monoisotopic (exact) mass is 275 g/mol. The van der Waals surface area contributed by atoms with Crippen molar-refractivity contribution in [3.05, 3.63) is 35.4 Å². The van der Waals surface area contributed by atoms with Crippen LogP contribution in [-0.4, -0.2) is 49.3 Å². The van der Waals surface area contributed by atoms with Gasteiger partial charge in [-0.2, -0.15) is 0 Å². The molecule has 0 aromatic heterocycles. The molecule has 2 saturated heterocycles. The molecule has 2 fully saturated rings. The molecule has 1 amide bonds. The zero-order chi connectivity index (χ0) is 14.2. The van der Waals surface area contributed by atoms with Crippen LogP contribution >= 0.6 is 0 Å². The summed E-state index contributed by atoms with van der Waals surface area (Å²) in [6.07, 6.45) is 2.10. The summed E-state index contributed by atoms with van der Waals surface area (Å²) in [6.45, 7) is 4.09. The van der Waals surface area contributed by atoms with E-state index in [9.17, 15) is 4.79 Å². The van der Waals surface area contributed by atoms with E-state index in [1.807, 2.05) is 36.1 Å². The fraction of sp³-hybridized carbons (Fsp3) is 0.562. The number of carbonyl (C=O) groups is 1. The highest BCUT2D eigenvalue weighted by molar-refractivity contribution is 5.95. The van der Waals surface area contributed by atoms with Gasteiger partial charge in [-0.25, -0.2) is 0 Å². The first-order chi connectivity index (χ1) is 9.62. The van der Waals surface area contributed by atoms with Gasteiger partial charge in [-0.05, 0) is 25.5 Å². The Kier molecular flexibility index (Phi) is 3.52. The van der Waals surface area contributed by atoms with Crippen molar-refractivity contribution in [2.45, 2.75) is 31.5 Å². The molecule has 2 aliphatic rings. The second kappa shape index (κ2) is 5.19. The van der Waals surface area contributed by atoms with Gasteiger partial charge in [0.05, 0.1) is 19.2 Å². The number of likely N-dealkylation sites (tertiary alicyclic amines) is 1. The Hall–Kier alpha value is -1.39. The maximum Gasteiger partial charge on any atom is 0.254 e. The summed E-state index contributed by atoms with van der Waals surface area (Å²) in [4.78, 5) is 14.3. The van der Waals surface area contributed by atoms with Gasteiger partial charge < -0.3 is 14.4 Å². The fourth-order valence-electron chi connectivity index (χ4n) is 3.16. The molecular formula is C16H21NO3. The van der Waals surface area contributed by atoms with E-state index in [0.29, 0.717) is 13.1 Å². The minimum atomic E-state index is -0.168. The summed E-state index contributed by atoms with van der Waals surface area (Å²) < 4.78 is 11.3. The van der Waals surface area contributed by atoms with E-state index in [1.165, 1.54) is 0 Å². The van der Waals surface area contributed by atoms with Crippen LogP contribution in [0.15, 0.2) is 24.3 Å². The molecule has 2 heterocycles. The molecule has 0 saturated carbocycles. The summed E-state index contributed by atoms with van der Waals surface area (Å²) in [5.41, 5.74) is 1.71. The number of hydrogen-bond donors (Lipinski definition) is 0. The number of rotatable bonds is 2. The Balaban J connectivity index is 1.64. The lowest BCUT2D eigenvalue weighted by atomic mass is 9.84. The first-order valence-corrected chi connectivity index (χ1v) is 7.15. The van der Waals surface area contributed by atoms with Gasteiger partial charge in [0.1, 0.15) is 5.60 Å². The molecule has 1 aromatic carbocycles. The summed E-state index contributed by atoms with van der Waals surface area (Å²) >= 11 is 0. The van der Waals surface area contributed by atoms with Gasteiger partial charge >= 0.3 is 0 Å². The molecule has 1 atom stereocenters. The summed E-state index contributed by atoms with van der Waals surface area (Å²) in [5.74, 6) is 0.0995. The van der Waals surface area contributed by atoms with E-state index in [0.717, 1.165) is 30.6 Å². The third-order valence-corrected chi connectivity index (χ3v) is 4.29. The summed E-state index contributed by atoms with van der Waals surface area (Å²) in [7, 11) is 1.75. The Morgan fingerprint density at radius 3 is 2.95 bits per heavy atom. The Bertz CT molecular complexity index is 508. The van der Waals surface area contributed by atoms with Crippen molar-refractivity contribution in [3.63, 3.8) is 0 Å². The normalized spacial score (nSPS) is 24.5. The van der Waals surface area contributed by atoms with Gasteiger partial charge in [0.25, 0.3) is 5.91 Å². The zero-order valence-electron chi connectivity index (χ0n) is 12.1. The highest BCUT2D eigenvalue weighted by Crippen LogP contribution is 2.35. The van der Waals surface area contributed by atoms with Gasteiger partial charge in [0.15, 0.2) is 0 Å². The topological polar surface area (TPSA) is 38.8 Å². The van der Waals surface area contributed by atoms with Crippen LogP contribution in [0, 0.1) is 6.92 Å². The minimum absolute atomic E-state index is 0.0995. The van der Waals surface area contributed by atoms with Crippen molar-refractivity contribution < 1.29 is 14.3 Å². The van der Waals surface area contributed by atoms with Gasteiger partial charge in [-0.15, -0.1) is 0 Å². The van der Waals surface area contributed by atoms with Gasteiger partial charge in [-0.1, -0.05) is 17.7 Å². The highest BCUT2D eigenvalue weighted by Gasteiger charge is 2.49. The summed E-state index contributed by atoms with van der Waals surface area (Å²) in [6, 6.07) is 7.74. The van der Waals surface area contributed by atoms with E-state index in [-0.39, 0.29) is 17.6 Å². The number of carbonyl (C=O) groups excluding carboxylic acids is 1. The quantitative estimate of drug-likeness (QED) is 0.829. The van der Waals surface area contributed by atoms with Crippen molar-refractivity contribution in [2.24, 2.45) is 0 Å². The van der Waals surface area contributed by atoms with Gasteiger partial charge in [0, 0.05) is 25.7 Å². The van der Waals surface area contributed by atoms with Crippen molar-refractivity contribution in [1.82, 2.24) is 4.90 Å². The number of nitrogens with zero attached hydrogens (tertiary/aromatic N) is 1. The van der Waals surface area contributed by atoms with Crippen molar-refractivity contribution >= 4 is 5.91 Å². The number of methoxy groups -OCH3 is 1. The first kappa shape index (κ1) is 13.6. The van der Waals surface area contributed by atoms with E-state index < -0.39 is 0 Å². The second-order valence-corrected chi connectivity index (χ2v) is 5.91. The third-order valence-electron chi connectivity index (χ3n) is 4.29. The van der Waals surface area contributed by atoms with Crippen LogP contribution in [0.4, 0.5) is 0 Å². The van der Waals surface area contributed by atoms with E-state index >= 15 is 0 Å². The van der Waals surface area contributed by atoms with Crippen LogP contribution in [0.1, 0.15) is 28.8 Å². The first-order valence-electron chi connectivity index (χ1n) is 7.15. The Morgan fingerprint density at radius 2 is 2.25 bits per heavy atom. The van der Waals surface area contributed by atoms with Crippen molar-refractivity contribution in [2.75, 3.05) is 26.8 Å². The molecule has 108 valence electrons. The highest BCUT2D eigenvalue weighted by atomic mass is 16.5. The van der Waals surface area contributed by atoms with Crippen LogP contribution in [0.3, 0.4) is 0 Å². The lowest BCUT2D eigenvalue weighted by Gasteiger charge is -2.52. The average Bonchev–Trinajstić information content (AvgIpc) is 2.44. The number of benzene rings is 1. The van der Waals surface area contributed by atoms with Gasteiger partial charge in [-0.3, -0.25) is 4.79 Å². The maximum absolute atomic E-state index is 12.4. The van der Waals surface area contributed by atoms with Crippen molar-refractivity contribution in [1.29, 1.82) is 0 Å². The molecule has 20 heavy (non-hydrogen) atoms. The van der Waals surface area contributed by atoms with E-state index in [2.05, 4.69) is 0 Å². The van der Waals surface area contributed by atoms with Crippen LogP contribution in [0.5, 0.6) is 0 Å². The molecule has 4 nitrogen and oxygen atoms in total. The number of amides is 1. The summed E-state index contributed by atoms with van der Waals surface area (Å²) in [5, 5.41) is 0. The SMILES string of the molecule is CO[C@@H]1CCOC2(C1)CN(C(=O)c1cccc(C)c1)C2. The lowest BCUT2D eigenvalue weighted by molar-refractivity contribution is -0.181. The molecular weight excluding hydrogens is 254 g/mol. The molecule has 3 rings (SSSR count). The van der Waals surface area contributed by atoms with Gasteiger partial charge in [0.2, 0.25) is 0 Å². The maximum atomic E-state index is 12.4. The van der Waals surface area contributed by atoms with E-state index in [4.69, 9.17) is 9.47 Å². The number of ether oxygens (including phenoxy) is 2. The van der Waals surface area contributed by atoms with Crippen LogP contribution < -0.4 is 0 Å². The average molecular weight is 275 g/mol. The second-order valence-electron chi connectivity index (χ2n) is 5.91. The molecule has 0 unspecified atom stereocenters. The molecule has 0 bridgehead atoms. The van der Waals surface area contributed by atoms with Crippen LogP contribution in [-0.2, 0) is 9.47 Å². The molecule has 0 radical (unpaired) electrons. The number of hydrogen-bond acceptors (Lipinski definition) is 3. The standard InChI is InChI=1S/C16H21NO3/c1-12-4-3-5-13(8-12)15(18)17-10-16(11-17)9-14(19-2)6-7-20-16/h3-5,8,14H,6-7,9-11H2,1-2H3/t14-/m1/s1. The van der Waals surface area contributed by atoms with Crippen LogP contribution in [0.25, 0.3) is 0 Å². The van der Waals surface area contributed by atoms with Crippen molar-refractivity contribution in [3.8, 4) is 0 Å². The smallest absolute Gasteiger partial charge is 0.254 e. The molecule has 0 aliphatic carbocycles. The Labute approximate surface area is 119 Å². The number of aryl methyl sites for hydroxylation is 1. The van der Waals surface area contributed by atoms with Crippen LogP contribution in [0.2, 0.25) is 0 Å². The largest absolute Gasteiger partial charge is 0.381 e. The molecule has 1 aromatic rings. The predicted molar refractivity (Wildman–Crippen MR) is 75.8 cm³/mol.